The van der Waals surface area contributed by atoms with Gasteiger partial charge in [-0.1, -0.05) is 38.2 Å². The van der Waals surface area contributed by atoms with Crippen LogP contribution >= 0.6 is 7.14 Å². The number of hydrogen-bond donors (Lipinski definition) is 0. The van der Waals surface area contributed by atoms with Gasteiger partial charge in [0.05, 0.1) is 0 Å². The molecule has 0 aromatic heterocycles. The summed E-state index contributed by atoms with van der Waals surface area (Å²) < 4.78 is 140. The first-order valence-electron chi connectivity index (χ1n) is 8.15. The molecule has 162 valence electrons. The van der Waals surface area contributed by atoms with E-state index < -0.39 is 43.4 Å². The SMILES string of the molecule is C=CCCCCCCCCCP(=O)(C(F)(F)C(F)(F)F)C(F)(F)C(F)(F)F. The molecule has 0 aliphatic carbocycles. The maximum absolute atomic E-state index is 13.4. The molecule has 0 rings (SSSR count). The largest absolute Gasteiger partial charge is 0.461 e. The van der Waals surface area contributed by atoms with Crippen LogP contribution in [0.2, 0.25) is 0 Å². The Morgan fingerprint density at radius 2 is 0.963 bits per heavy atom. The molecule has 0 atom stereocenters. The first-order chi connectivity index (χ1) is 12.1. The molecule has 0 radical (unpaired) electrons. The van der Waals surface area contributed by atoms with Gasteiger partial charge in [-0.3, -0.25) is 0 Å². The Bertz CT molecular complexity index is 480. The van der Waals surface area contributed by atoms with Gasteiger partial charge in [-0.15, -0.1) is 6.58 Å². The Kier molecular flexibility index (Phi) is 9.39. The quantitative estimate of drug-likeness (QED) is 0.131. The predicted octanol–water partition coefficient (Wildman–Crippen LogP) is 7.97. The lowest BCUT2D eigenvalue weighted by Gasteiger charge is -2.35. The summed E-state index contributed by atoms with van der Waals surface area (Å²) in [6.45, 7) is 3.51. The minimum Gasteiger partial charge on any atom is -0.310 e. The second-order valence-electron chi connectivity index (χ2n) is 6.09. The summed E-state index contributed by atoms with van der Waals surface area (Å²) in [5.74, 6) is 0. The highest BCUT2D eigenvalue weighted by atomic mass is 31.2. The Hall–Kier alpha value is -0.730. The van der Waals surface area contributed by atoms with Crippen LogP contribution in [0, 0.1) is 0 Å². The van der Waals surface area contributed by atoms with Gasteiger partial charge in [0, 0.05) is 6.16 Å². The van der Waals surface area contributed by atoms with Crippen molar-refractivity contribution in [2.45, 2.75) is 75.0 Å². The zero-order chi connectivity index (χ0) is 21.6. The van der Waals surface area contributed by atoms with Crippen LogP contribution in [0.3, 0.4) is 0 Å². The minimum absolute atomic E-state index is 0.187. The second-order valence-corrected chi connectivity index (χ2v) is 9.14. The van der Waals surface area contributed by atoms with Crippen LogP contribution in [0.5, 0.6) is 0 Å². The Morgan fingerprint density at radius 1 is 0.630 bits per heavy atom. The van der Waals surface area contributed by atoms with Crippen LogP contribution in [0.25, 0.3) is 0 Å². The maximum Gasteiger partial charge on any atom is 0.461 e. The zero-order valence-electron chi connectivity index (χ0n) is 14.3. The second kappa shape index (κ2) is 9.65. The number of allylic oxidation sites excluding steroid dienone is 1. The summed E-state index contributed by atoms with van der Waals surface area (Å²) in [5.41, 5.74) is -13.3. The fourth-order valence-electron chi connectivity index (χ4n) is 2.37. The Balaban J connectivity index is 5.08. The minimum atomic E-state index is -7.37. The number of rotatable bonds is 12. The van der Waals surface area contributed by atoms with Crippen molar-refractivity contribution in [2.24, 2.45) is 0 Å². The molecular formula is C15H21F10OP. The van der Waals surface area contributed by atoms with Gasteiger partial charge in [-0.05, 0) is 19.3 Å². The molecule has 0 aliphatic rings. The number of hydrogen-bond acceptors (Lipinski definition) is 1. The van der Waals surface area contributed by atoms with Crippen molar-refractivity contribution in [3.8, 4) is 0 Å². The molecule has 1 nitrogen and oxygen atoms in total. The molecule has 0 aromatic carbocycles. The van der Waals surface area contributed by atoms with E-state index in [1.165, 1.54) is 0 Å². The lowest BCUT2D eigenvalue weighted by Crippen LogP contribution is -2.48. The van der Waals surface area contributed by atoms with Crippen molar-refractivity contribution in [2.75, 3.05) is 6.16 Å². The van der Waals surface area contributed by atoms with E-state index in [2.05, 4.69) is 6.58 Å². The van der Waals surface area contributed by atoms with Crippen LogP contribution in [0.1, 0.15) is 51.4 Å². The maximum atomic E-state index is 13.4. The summed E-state index contributed by atoms with van der Waals surface area (Å²) >= 11 is 0. The molecule has 0 aliphatic heterocycles. The smallest absolute Gasteiger partial charge is 0.310 e. The molecular weight excluding hydrogens is 417 g/mol. The monoisotopic (exact) mass is 438 g/mol. The Morgan fingerprint density at radius 3 is 1.30 bits per heavy atom. The van der Waals surface area contributed by atoms with Crippen LogP contribution in [-0.4, -0.2) is 29.8 Å². The molecule has 0 amide bonds. The number of halogens is 10. The number of unbranched alkanes of at least 4 members (excludes halogenated alkanes) is 7. The summed E-state index contributed by atoms with van der Waals surface area (Å²) in [6, 6.07) is 0. The summed E-state index contributed by atoms with van der Waals surface area (Å²) in [4.78, 5) is 0. The van der Waals surface area contributed by atoms with E-state index in [9.17, 15) is 48.5 Å². The third kappa shape index (κ3) is 6.12. The molecule has 27 heavy (non-hydrogen) atoms. The molecule has 0 spiro atoms. The molecule has 0 saturated carbocycles. The fraction of sp³-hybridized carbons (Fsp3) is 0.867. The van der Waals surface area contributed by atoms with Gasteiger partial charge >= 0.3 is 23.7 Å². The number of alkyl halides is 10. The van der Waals surface area contributed by atoms with Crippen molar-refractivity contribution in [3.63, 3.8) is 0 Å². The summed E-state index contributed by atoms with van der Waals surface area (Å²) in [7, 11) is -7.37. The van der Waals surface area contributed by atoms with Gasteiger partial charge in [-0.25, -0.2) is 0 Å². The van der Waals surface area contributed by atoms with Crippen molar-refractivity contribution >= 4 is 7.14 Å². The van der Waals surface area contributed by atoms with Gasteiger partial charge in [0.15, 0.2) is 0 Å². The molecule has 0 saturated heterocycles. The van der Waals surface area contributed by atoms with E-state index >= 15 is 0 Å². The average Bonchev–Trinajstić information content (AvgIpc) is 2.50. The van der Waals surface area contributed by atoms with E-state index in [1.807, 2.05) is 0 Å². The fourth-order valence-corrected chi connectivity index (χ4v) is 4.78. The van der Waals surface area contributed by atoms with Gasteiger partial charge in [0.1, 0.15) is 0 Å². The molecule has 0 aromatic rings. The lowest BCUT2D eigenvalue weighted by atomic mass is 10.1. The van der Waals surface area contributed by atoms with E-state index in [1.54, 1.807) is 6.08 Å². The van der Waals surface area contributed by atoms with Gasteiger partial charge in [-0.2, -0.15) is 43.9 Å². The average molecular weight is 438 g/mol. The van der Waals surface area contributed by atoms with Gasteiger partial charge < -0.3 is 4.57 Å². The normalized spacial score (nSPS) is 14.4. The van der Waals surface area contributed by atoms with Crippen molar-refractivity contribution < 1.29 is 48.5 Å². The summed E-state index contributed by atoms with van der Waals surface area (Å²) in [6.07, 6.45) is -11.2. The highest BCUT2D eigenvalue weighted by molar-refractivity contribution is 7.66. The first kappa shape index (κ1) is 26.3. The van der Waals surface area contributed by atoms with Crippen molar-refractivity contribution in [1.82, 2.24) is 0 Å². The van der Waals surface area contributed by atoms with E-state index in [-0.39, 0.29) is 12.8 Å². The molecule has 0 fully saturated rings. The van der Waals surface area contributed by atoms with Crippen molar-refractivity contribution in [1.29, 1.82) is 0 Å². The van der Waals surface area contributed by atoms with Crippen molar-refractivity contribution in [3.05, 3.63) is 12.7 Å². The molecule has 0 N–H and O–H groups in total. The molecule has 0 unspecified atom stereocenters. The first-order valence-corrected chi connectivity index (χ1v) is 10.0. The standard InChI is InChI=1S/C15H21F10OP/c1-2-3-4-5-6-7-8-9-10-11-27(26,14(22,23)12(16,17)18)15(24,25)13(19,20)21/h2H,1,3-11H2. The van der Waals surface area contributed by atoms with Crippen LogP contribution in [0.15, 0.2) is 12.7 Å². The highest BCUT2D eigenvalue weighted by Gasteiger charge is 2.82. The molecule has 0 bridgehead atoms. The van der Waals surface area contributed by atoms with E-state index in [0.717, 1.165) is 19.3 Å². The molecule has 0 heterocycles. The van der Waals surface area contributed by atoms with Gasteiger partial charge in [0.25, 0.3) is 0 Å². The zero-order valence-corrected chi connectivity index (χ0v) is 15.2. The van der Waals surface area contributed by atoms with Crippen LogP contribution < -0.4 is 0 Å². The summed E-state index contributed by atoms with van der Waals surface area (Å²) in [5, 5.41) is 0. The van der Waals surface area contributed by atoms with Crippen LogP contribution in [0.4, 0.5) is 43.9 Å². The third-order valence-electron chi connectivity index (χ3n) is 3.97. The highest BCUT2D eigenvalue weighted by Crippen LogP contribution is 2.77. The van der Waals surface area contributed by atoms with E-state index in [4.69, 9.17) is 0 Å². The third-order valence-corrected chi connectivity index (χ3v) is 7.24. The van der Waals surface area contributed by atoms with E-state index in [0.29, 0.717) is 12.8 Å². The molecule has 12 heteroatoms. The predicted molar refractivity (Wildman–Crippen MR) is 81.6 cm³/mol. The topological polar surface area (TPSA) is 17.1 Å². The van der Waals surface area contributed by atoms with Crippen LogP contribution in [-0.2, 0) is 4.57 Å². The van der Waals surface area contributed by atoms with Gasteiger partial charge in [0.2, 0.25) is 7.14 Å². The lowest BCUT2D eigenvalue weighted by molar-refractivity contribution is -0.266. The Labute approximate surface area is 150 Å².